The van der Waals surface area contributed by atoms with Crippen LogP contribution in [0.5, 0.6) is 5.75 Å². The van der Waals surface area contributed by atoms with Gasteiger partial charge >= 0.3 is 5.97 Å². The van der Waals surface area contributed by atoms with Crippen LogP contribution in [0.2, 0.25) is 0 Å². The van der Waals surface area contributed by atoms with E-state index in [9.17, 15) is 9.90 Å². The summed E-state index contributed by atoms with van der Waals surface area (Å²) in [6.45, 7) is 2.09. The Bertz CT molecular complexity index is 505. The summed E-state index contributed by atoms with van der Waals surface area (Å²) >= 11 is 1.63. The van der Waals surface area contributed by atoms with Gasteiger partial charge in [0.05, 0.1) is 12.5 Å². The Kier molecular flexibility index (Phi) is 4.63. The molecule has 1 aliphatic rings. The number of ether oxygens (including phenoxy) is 1. The lowest BCUT2D eigenvalue weighted by atomic mass is 9.78. The first-order valence-corrected chi connectivity index (χ1v) is 8.30. The fraction of sp³-hybridized carbons (Fsp3) is 0.562. The first-order chi connectivity index (χ1) is 9.58. The maximum atomic E-state index is 11.9. The van der Waals surface area contributed by atoms with Gasteiger partial charge in [-0.1, -0.05) is 19.8 Å². The first kappa shape index (κ1) is 15.2. The number of methoxy groups -OCH3 is 1. The van der Waals surface area contributed by atoms with Gasteiger partial charge in [-0.2, -0.15) is 0 Å². The number of hydrogen-bond donors (Lipinski definition) is 1. The van der Waals surface area contributed by atoms with E-state index >= 15 is 0 Å². The van der Waals surface area contributed by atoms with Crippen molar-refractivity contribution in [1.82, 2.24) is 0 Å². The van der Waals surface area contributed by atoms with E-state index in [1.807, 2.05) is 12.3 Å². The number of carbonyl (C=O) groups is 1. The van der Waals surface area contributed by atoms with Gasteiger partial charge in [-0.25, -0.2) is 0 Å². The van der Waals surface area contributed by atoms with Crippen LogP contribution in [-0.4, -0.2) is 24.4 Å². The van der Waals surface area contributed by atoms with Crippen LogP contribution >= 0.6 is 11.8 Å². The highest BCUT2D eigenvalue weighted by atomic mass is 32.2. The number of carboxylic acids is 1. The highest BCUT2D eigenvalue weighted by Crippen LogP contribution is 2.46. The first-order valence-electron chi connectivity index (χ1n) is 7.07. The number of aryl methyl sites for hydroxylation is 1. The maximum Gasteiger partial charge on any atom is 0.314 e. The third-order valence-corrected chi connectivity index (χ3v) is 5.14. The van der Waals surface area contributed by atoms with Gasteiger partial charge in [-0.05, 0) is 48.8 Å². The largest absolute Gasteiger partial charge is 0.496 e. The molecular weight excluding hydrogens is 272 g/mol. The van der Waals surface area contributed by atoms with Crippen LogP contribution in [-0.2, 0) is 16.6 Å². The summed E-state index contributed by atoms with van der Waals surface area (Å²) in [6, 6.07) is 4.06. The Morgan fingerprint density at radius 1 is 1.40 bits per heavy atom. The van der Waals surface area contributed by atoms with Crippen LogP contribution in [0, 0.1) is 0 Å². The van der Waals surface area contributed by atoms with Crippen molar-refractivity contribution in [2.24, 2.45) is 0 Å². The van der Waals surface area contributed by atoms with Gasteiger partial charge in [-0.3, -0.25) is 4.79 Å². The van der Waals surface area contributed by atoms with Gasteiger partial charge in [0.2, 0.25) is 0 Å². The molecule has 0 atom stereocenters. The fourth-order valence-electron chi connectivity index (χ4n) is 3.19. The van der Waals surface area contributed by atoms with Gasteiger partial charge < -0.3 is 9.84 Å². The van der Waals surface area contributed by atoms with Crippen molar-refractivity contribution in [1.29, 1.82) is 0 Å². The van der Waals surface area contributed by atoms with E-state index in [0.717, 1.165) is 53.9 Å². The third kappa shape index (κ3) is 2.41. The lowest BCUT2D eigenvalue weighted by Crippen LogP contribution is -2.33. The topological polar surface area (TPSA) is 46.5 Å². The number of thioether (sulfide) groups is 1. The third-order valence-electron chi connectivity index (χ3n) is 4.37. The molecule has 1 aromatic rings. The number of rotatable bonds is 5. The molecule has 1 aliphatic carbocycles. The van der Waals surface area contributed by atoms with Crippen molar-refractivity contribution < 1.29 is 14.6 Å². The van der Waals surface area contributed by atoms with E-state index in [-0.39, 0.29) is 0 Å². The number of carboxylic acid groups (broad SMARTS) is 1. The van der Waals surface area contributed by atoms with Crippen molar-refractivity contribution in [3.8, 4) is 5.75 Å². The van der Waals surface area contributed by atoms with Crippen LogP contribution in [0.1, 0.15) is 43.7 Å². The molecule has 1 saturated carbocycles. The van der Waals surface area contributed by atoms with Crippen molar-refractivity contribution in [2.75, 3.05) is 13.4 Å². The van der Waals surface area contributed by atoms with Crippen LogP contribution < -0.4 is 4.74 Å². The van der Waals surface area contributed by atoms with Gasteiger partial charge in [0.25, 0.3) is 0 Å². The van der Waals surface area contributed by atoms with E-state index in [4.69, 9.17) is 4.74 Å². The standard InChI is InChI=1S/C16H22O3S/c1-4-11-9-14(20-3)12(10-13(11)19-2)16(15(17)18)7-5-6-8-16/h9-10H,4-8H2,1-3H3,(H,17,18). The van der Waals surface area contributed by atoms with E-state index < -0.39 is 11.4 Å². The molecule has 0 spiro atoms. The van der Waals surface area contributed by atoms with Crippen LogP contribution in [0.3, 0.4) is 0 Å². The lowest BCUT2D eigenvalue weighted by molar-refractivity contribution is -0.143. The molecule has 0 radical (unpaired) electrons. The molecule has 0 saturated heterocycles. The maximum absolute atomic E-state index is 11.9. The summed E-state index contributed by atoms with van der Waals surface area (Å²) in [6.07, 6.45) is 6.32. The Labute approximate surface area is 124 Å². The predicted molar refractivity (Wildman–Crippen MR) is 81.9 cm³/mol. The Hall–Kier alpha value is -1.16. The molecule has 1 fully saturated rings. The molecule has 3 nitrogen and oxygen atoms in total. The summed E-state index contributed by atoms with van der Waals surface area (Å²) in [5.41, 5.74) is 1.35. The molecule has 0 bridgehead atoms. The molecule has 1 aromatic carbocycles. The predicted octanol–water partition coefficient (Wildman–Crippen LogP) is 3.88. The second-order valence-corrected chi connectivity index (χ2v) is 6.16. The van der Waals surface area contributed by atoms with Gasteiger partial charge in [-0.15, -0.1) is 11.8 Å². The highest BCUT2D eigenvalue weighted by Gasteiger charge is 2.44. The summed E-state index contributed by atoms with van der Waals surface area (Å²) in [4.78, 5) is 13.0. The highest BCUT2D eigenvalue weighted by molar-refractivity contribution is 7.98. The second-order valence-electron chi connectivity index (χ2n) is 5.31. The van der Waals surface area contributed by atoms with Gasteiger partial charge in [0.1, 0.15) is 5.75 Å². The average Bonchev–Trinajstić information content (AvgIpc) is 2.96. The quantitative estimate of drug-likeness (QED) is 0.837. The molecule has 2 rings (SSSR count). The lowest BCUT2D eigenvalue weighted by Gasteiger charge is -2.27. The summed E-state index contributed by atoms with van der Waals surface area (Å²) in [7, 11) is 1.65. The van der Waals surface area contributed by atoms with Crippen LogP contribution in [0.15, 0.2) is 17.0 Å². The van der Waals surface area contributed by atoms with E-state index in [0.29, 0.717) is 0 Å². The summed E-state index contributed by atoms with van der Waals surface area (Å²) in [5.74, 6) is 0.115. The van der Waals surface area contributed by atoms with Crippen molar-refractivity contribution in [3.63, 3.8) is 0 Å². The Morgan fingerprint density at radius 2 is 2.05 bits per heavy atom. The smallest absolute Gasteiger partial charge is 0.314 e. The monoisotopic (exact) mass is 294 g/mol. The van der Waals surface area contributed by atoms with Crippen molar-refractivity contribution in [3.05, 3.63) is 23.3 Å². The van der Waals surface area contributed by atoms with Gasteiger partial charge in [0.15, 0.2) is 0 Å². The summed E-state index contributed by atoms with van der Waals surface area (Å²) in [5, 5.41) is 9.78. The average molecular weight is 294 g/mol. The zero-order chi connectivity index (χ0) is 14.8. The number of hydrogen-bond acceptors (Lipinski definition) is 3. The molecule has 0 aliphatic heterocycles. The summed E-state index contributed by atoms with van der Waals surface area (Å²) < 4.78 is 5.46. The Balaban J connectivity index is 2.62. The minimum atomic E-state index is -0.724. The zero-order valence-corrected chi connectivity index (χ0v) is 13.2. The molecule has 20 heavy (non-hydrogen) atoms. The SMILES string of the molecule is CCc1cc(SC)c(C2(C(=O)O)CCCC2)cc1OC. The molecule has 0 amide bonds. The molecule has 4 heteroatoms. The second kappa shape index (κ2) is 6.08. The molecule has 0 heterocycles. The van der Waals surface area contributed by atoms with Crippen molar-refractivity contribution in [2.45, 2.75) is 49.3 Å². The molecule has 0 aromatic heterocycles. The van der Waals surface area contributed by atoms with Gasteiger partial charge in [0, 0.05) is 4.90 Å². The minimum Gasteiger partial charge on any atom is -0.496 e. The zero-order valence-electron chi connectivity index (χ0n) is 12.4. The Morgan fingerprint density at radius 3 is 2.50 bits per heavy atom. The van der Waals surface area contributed by atoms with Crippen LogP contribution in [0.4, 0.5) is 0 Å². The fourth-order valence-corrected chi connectivity index (χ4v) is 3.92. The minimum absolute atomic E-state index is 0.698. The van der Waals surface area contributed by atoms with E-state index in [1.54, 1.807) is 18.9 Å². The number of aliphatic carboxylic acids is 1. The van der Waals surface area contributed by atoms with E-state index in [2.05, 4.69) is 13.0 Å². The van der Waals surface area contributed by atoms with Crippen molar-refractivity contribution >= 4 is 17.7 Å². The molecule has 1 N–H and O–H groups in total. The van der Waals surface area contributed by atoms with Crippen LogP contribution in [0.25, 0.3) is 0 Å². The molecule has 0 unspecified atom stereocenters. The normalized spacial score (nSPS) is 17.1. The molecule has 110 valence electrons. The molecular formula is C16H22O3S. The number of benzene rings is 1. The van der Waals surface area contributed by atoms with E-state index in [1.165, 1.54) is 0 Å².